The highest BCUT2D eigenvalue weighted by atomic mass is 32.2. The third kappa shape index (κ3) is 3.90. The van der Waals surface area contributed by atoms with E-state index < -0.39 is 21.8 Å². The van der Waals surface area contributed by atoms with Crippen LogP contribution in [0.15, 0.2) is 36.4 Å². The molecule has 0 radical (unpaired) electrons. The molecule has 0 bridgehead atoms. The Kier molecular flexibility index (Phi) is 5.42. The summed E-state index contributed by atoms with van der Waals surface area (Å²) in [6, 6.07) is 7.29. The van der Waals surface area contributed by atoms with Crippen molar-refractivity contribution in [1.29, 1.82) is 0 Å². The molecule has 4 nitrogen and oxygen atoms in total. The Balaban J connectivity index is 2.36. The van der Waals surface area contributed by atoms with Crippen molar-refractivity contribution >= 4 is 17.0 Å². The molecule has 0 spiro atoms. The predicted octanol–water partition coefficient (Wildman–Crippen LogP) is 2.87. The summed E-state index contributed by atoms with van der Waals surface area (Å²) in [6.07, 6.45) is 0.737. The van der Waals surface area contributed by atoms with Crippen molar-refractivity contribution in [2.45, 2.75) is 50.8 Å². The van der Waals surface area contributed by atoms with Crippen LogP contribution in [0.1, 0.15) is 44.7 Å². The van der Waals surface area contributed by atoms with Gasteiger partial charge in [0.15, 0.2) is 0 Å². The maximum atomic E-state index is 12.5. The van der Waals surface area contributed by atoms with E-state index in [2.05, 4.69) is 11.3 Å². The number of esters is 1. The van der Waals surface area contributed by atoms with Crippen LogP contribution in [0.25, 0.3) is 0 Å². The quantitative estimate of drug-likeness (QED) is 0.665. The zero-order chi connectivity index (χ0) is 17.2. The summed E-state index contributed by atoms with van der Waals surface area (Å²) in [6.45, 7) is 11.8. The molecular formula is C18H25NO3S. The molecule has 1 aliphatic rings. The molecule has 0 heterocycles. The van der Waals surface area contributed by atoms with Crippen LogP contribution >= 0.6 is 0 Å². The van der Waals surface area contributed by atoms with E-state index >= 15 is 0 Å². The van der Waals surface area contributed by atoms with Crippen LogP contribution in [0.4, 0.5) is 0 Å². The average molecular weight is 335 g/mol. The highest BCUT2D eigenvalue weighted by Gasteiger charge is 2.39. The summed E-state index contributed by atoms with van der Waals surface area (Å²) in [5, 5.41) is 0. The van der Waals surface area contributed by atoms with Gasteiger partial charge in [-0.25, -0.2) is 8.93 Å². The number of benzene rings is 1. The normalized spacial score (nSPS) is 20.0. The molecule has 0 saturated heterocycles. The lowest BCUT2D eigenvalue weighted by molar-refractivity contribution is -0.145. The first-order valence-electron chi connectivity index (χ1n) is 7.85. The molecule has 1 unspecified atom stereocenters. The molecule has 23 heavy (non-hydrogen) atoms. The van der Waals surface area contributed by atoms with Gasteiger partial charge < -0.3 is 4.74 Å². The maximum Gasteiger partial charge on any atom is 0.325 e. The Bertz CT molecular complexity index is 633. The zero-order valence-electron chi connectivity index (χ0n) is 14.2. The summed E-state index contributed by atoms with van der Waals surface area (Å²) in [4.78, 5) is 12.5. The minimum Gasteiger partial charge on any atom is -0.465 e. The molecular weight excluding hydrogens is 310 g/mol. The van der Waals surface area contributed by atoms with E-state index in [0.29, 0.717) is 6.61 Å². The summed E-state index contributed by atoms with van der Waals surface area (Å²) in [7, 11) is -1.37. The molecule has 5 heteroatoms. The van der Waals surface area contributed by atoms with Crippen molar-refractivity contribution < 1.29 is 13.7 Å². The van der Waals surface area contributed by atoms with Crippen molar-refractivity contribution in [3.05, 3.63) is 47.5 Å². The smallest absolute Gasteiger partial charge is 0.325 e. The van der Waals surface area contributed by atoms with Crippen molar-refractivity contribution in [3.63, 3.8) is 0 Å². The SMILES string of the molecule is C=C1Cc2ccccc2C1[C@H](N[S@](=O)C(C)(C)C)C(=O)OCC. The third-order valence-corrected chi connectivity index (χ3v) is 5.49. The van der Waals surface area contributed by atoms with Gasteiger partial charge in [0.1, 0.15) is 6.04 Å². The van der Waals surface area contributed by atoms with Crippen LogP contribution in [-0.2, 0) is 26.9 Å². The van der Waals surface area contributed by atoms with Gasteiger partial charge in [-0.2, -0.15) is 0 Å². The number of carbonyl (C=O) groups excluding carboxylic acids is 1. The second-order valence-electron chi connectivity index (χ2n) is 6.74. The highest BCUT2D eigenvalue weighted by Crippen LogP contribution is 2.39. The van der Waals surface area contributed by atoms with Crippen LogP contribution in [0.5, 0.6) is 0 Å². The molecule has 1 aromatic rings. The monoisotopic (exact) mass is 335 g/mol. The lowest BCUT2D eigenvalue weighted by atomic mass is 9.91. The average Bonchev–Trinajstić information content (AvgIpc) is 2.79. The van der Waals surface area contributed by atoms with Gasteiger partial charge in [-0.3, -0.25) is 4.79 Å². The first-order chi connectivity index (χ1) is 10.8. The Morgan fingerprint density at radius 1 is 1.43 bits per heavy atom. The van der Waals surface area contributed by atoms with Gasteiger partial charge >= 0.3 is 5.97 Å². The summed E-state index contributed by atoms with van der Waals surface area (Å²) >= 11 is 0. The zero-order valence-corrected chi connectivity index (χ0v) is 15.0. The number of carbonyl (C=O) groups is 1. The highest BCUT2D eigenvalue weighted by molar-refractivity contribution is 7.84. The van der Waals surface area contributed by atoms with E-state index in [9.17, 15) is 9.00 Å². The maximum absolute atomic E-state index is 12.5. The molecule has 0 amide bonds. The largest absolute Gasteiger partial charge is 0.465 e. The predicted molar refractivity (Wildman–Crippen MR) is 93.5 cm³/mol. The lowest BCUT2D eigenvalue weighted by Gasteiger charge is -2.28. The fourth-order valence-corrected chi connectivity index (χ4v) is 3.58. The Morgan fingerprint density at radius 3 is 2.70 bits per heavy atom. The fourth-order valence-electron chi connectivity index (χ4n) is 2.76. The molecule has 1 aliphatic carbocycles. The van der Waals surface area contributed by atoms with Crippen LogP contribution in [0.3, 0.4) is 0 Å². The number of rotatable bonds is 5. The van der Waals surface area contributed by atoms with Gasteiger partial charge in [-0.15, -0.1) is 0 Å². The van der Waals surface area contributed by atoms with E-state index in [1.54, 1.807) is 6.92 Å². The van der Waals surface area contributed by atoms with Gasteiger partial charge in [-0.1, -0.05) is 36.4 Å². The second kappa shape index (κ2) is 6.97. The molecule has 0 saturated carbocycles. The van der Waals surface area contributed by atoms with Crippen molar-refractivity contribution in [2.24, 2.45) is 0 Å². The van der Waals surface area contributed by atoms with Crippen molar-refractivity contribution in [3.8, 4) is 0 Å². The van der Waals surface area contributed by atoms with Crippen molar-refractivity contribution in [1.82, 2.24) is 4.72 Å². The van der Waals surface area contributed by atoms with E-state index in [1.807, 2.05) is 45.0 Å². The summed E-state index contributed by atoms with van der Waals surface area (Å²) in [5.41, 5.74) is 3.18. The number of hydrogen-bond donors (Lipinski definition) is 1. The van der Waals surface area contributed by atoms with Crippen LogP contribution < -0.4 is 4.72 Å². The number of hydrogen-bond acceptors (Lipinski definition) is 3. The Labute approximate surface area is 140 Å². The van der Waals surface area contributed by atoms with E-state index in [-0.39, 0.29) is 11.9 Å². The van der Waals surface area contributed by atoms with E-state index in [1.165, 1.54) is 5.56 Å². The molecule has 0 aromatic heterocycles. The first kappa shape index (κ1) is 17.9. The topological polar surface area (TPSA) is 55.4 Å². The molecule has 2 rings (SSSR count). The van der Waals surface area contributed by atoms with Gasteiger partial charge in [0.25, 0.3) is 0 Å². The van der Waals surface area contributed by atoms with E-state index in [0.717, 1.165) is 17.6 Å². The molecule has 3 atom stereocenters. The lowest BCUT2D eigenvalue weighted by Crippen LogP contribution is -2.47. The molecule has 0 fully saturated rings. The second-order valence-corrected chi connectivity index (χ2v) is 8.74. The number of nitrogens with one attached hydrogen (secondary N) is 1. The standard InChI is InChI=1S/C18H25NO3S/c1-6-22-17(20)16(19-23(21)18(3,4)5)15-12(2)11-13-9-7-8-10-14(13)15/h7-10,15-16,19H,2,6,11H2,1,3-5H3/t15?,16-,23+/m0/s1. The number of ether oxygens (including phenoxy) is 1. The molecule has 126 valence electrons. The molecule has 1 N–H and O–H groups in total. The van der Waals surface area contributed by atoms with Gasteiger partial charge in [0.2, 0.25) is 0 Å². The summed E-state index contributed by atoms with van der Waals surface area (Å²) < 4.78 is 20.3. The van der Waals surface area contributed by atoms with Gasteiger partial charge in [0.05, 0.1) is 22.3 Å². The van der Waals surface area contributed by atoms with Crippen LogP contribution in [-0.4, -0.2) is 27.6 Å². The van der Waals surface area contributed by atoms with Crippen molar-refractivity contribution in [2.75, 3.05) is 6.61 Å². The minimum atomic E-state index is -1.37. The Morgan fingerprint density at radius 2 is 2.09 bits per heavy atom. The first-order valence-corrected chi connectivity index (χ1v) is 9.00. The Hall–Kier alpha value is -1.46. The summed E-state index contributed by atoms with van der Waals surface area (Å²) in [5.74, 6) is -0.593. The molecule has 1 aromatic carbocycles. The fraction of sp³-hybridized carbons (Fsp3) is 0.500. The van der Waals surface area contributed by atoms with Crippen LogP contribution in [0.2, 0.25) is 0 Å². The van der Waals surface area contributed by atoms with Crippen LogP contribution in [0, 0.1) is 0 Å². The molecule has 0 aliphatic heterocycles. The van der Waals surface area contributed by atoms with E-state index in [4.69, 9.17) is 4.74 Å². The van der Waals surface area contributed by atoms with Gasteiger partial charge in [-0.05, 0) is 45.2 Å². The van der Waals surface area contributed by atoms with Gasteiger partial charge in [0, 0.05) is 5.92 Å². The third-order valence-electron chi connectivity index (χ3n) is 3.91. The minimum absolute atomic E-state index is 0.212. The number of fused-ring (bicyclic) bond motifs is 1.